The lowest BCUT2D eigenvalue weighted by Gasteiger charge is -2.28. The minimum atomic E-state index is 0.446. The zero-order chi connectivity index (χ0) is 13.9. The average molecular weight is 306 g/mol. The van der Waals surface area contributed by atoms with Crippen LogP contribution < -0.4 is 0 Å². The van der Waals surface area contributed by atoms with Crippen molar-refractivity contribution in [3.05, 3.63) is 29.2 Å². The van der Waals surface area contributed by atoms with Gasteiger partial charge in [-0.1, -0.05) is 6.07 Å². The van der Waals surface area contributed by atoms with Crippen LogP contribution in [0.4, 0.5) is 0 Å². The van der Waals surface area contributed by atoms with E-state index in [1.807, 2.05) is 30.0 Å². The Morgan fingerprint density at radius 2 is 2.10 bits per heavy atom. The maximum Gasteiger partial charge on any atom is 0.195 e. The Hall–Kier alpha value is -1.14. The number of aromatic nitrogens is 4. The summed E-state index contributed by atoms with van der Waals surface area (Å²) in [5, 5.41) is 8.10. The summed E-state index contributed by atoms with van der Waals surface area (Å²) < 4.78 is 2.87. The summed E-state index contributed by atoms with van der Waals surface area (Å²) in [6, 6.07) is 6.32. The van der Waals surface area contributed by atoms with Crippen LogP contribution in [0.1, 0.15) is 31.7 Å². The molecule has 0 spiro atoms. The third kappa shape index (κ3) is 2.67. The van der Waals surface area contributed by atoms with Gasteiger partial charge in [0.05, 0.1) is 0 Å². The van der Waals surface area contributed by atoms with Gasteiger partial charge in [-0.05, 0) is 56.3 Å². The Kier molecular flexibility index (Phi) is 4.21. The number of thioether (sulfide) groups is 1. The number of nitrogens with zero attached hydrogens (tertiary/aromatic N) is 3. The van der Waals surface area contributed by atoms with E-state index < -0.39 is 0 Å². The molecule has 0 radical (unpaired) electrons. The fraction of sp³-hybridized carbons (Fsp3) is 0.500. The van der Waals surface area contributed by atoms with Gasteiger partial charge in [-0.25, -0.2) is 0 Å². The molecule has 2 aromatic rings. The van der Waals surface area contributed by atoms with Gasteiger partial charge in [0.2, 0.25) is 0 Å². The van der Waals surface area contributed by atoms with Gasteiger partial charge >= 0.3 is 0 Å². The van der Waals surface area contributed by atoms with Crippen LogP contribution in [-0.2, 0) is 0 Å². The van der Waals surface area contributed by atoms with Crippen LogP contribution >= 0.6 is 24.0 Å². The van der Waals surface area contributed by atoms with E-state index in [-0.39, 0.29) is 0 Å². The van der Waals surface area contributed by atoms with Crippen LogP contribution in [0.3, 0.4) is 0 Å². The third-order valence-corrected chi connectivity index (χ3v) is 5.37. The predicted molar refractivity (Wildman–Crippen MR) is 85.5 cm³/mol. The molecule has 0 aromatic carbocycles. The monoisotopic (exact) mass is 306 g/mol. The lowest BCUT2D eigenvalue weighted by molar-refractivity contribution is 0.359. The van der Waals surface area contributed by atoms with Crippen LogP contribution in [0.5, 0.6) is 0 Å². The fourth-order valence-electron chi connectivity index (χ4n) is 2.86. The van der Waals surface area contributed by atoms with Crippen molar-refractivity contribution < 1.29 is 0 Å². The Morgan fingerprint density at radius 3 is 2.75 bits per heavy atom. The van der Waals surface area contributed by atoms with E-state index in [4.69, 9.17) is 12.2 Å². The molecule has 0 atom stereocenters. The first-order valence-electron chi connectivity index (χ1n) is 6.90. The van der Waals surface area contributed by atoms with Crippen molar-refractivity contribution in [2.24, 2.45) is 0 Å². The number of H-pyrrole nitrogens is 1. The number of aromatic amines is 1. The number of hydrogen-bond donors (Lipinski definition) is 1. The predicted octanol–water partition coefficient (Wildman–Crippen LogP) is 3.85. The Labute approximate surface area is 128 Å². The highest BCUT2D eigenvalue weighted by Crippen LogP contribution is 2.35. The summed E-state index contributed by atoms with van der Waals surface area (Å²) in [6.07, 6.45) is 8.83. The molecule has 1 aliphatic rings. The minimum Gasteiger partial charge on any atom is -0.296 e. The van der Waals surface area contributed by atoms with E-state index in [0.29, 0.717) is 10.8 Å². The number of nitrogens with one attached hydrogen (secondary N) is 1. The van der Waals surface area contributed by atoms with Crippen molar-refractivity contribution in [2.75, 3.05) is 6.26 Å². The maximum absolute atomic E-state index is 5.42. The molecule has 6 heteroatoms. The van der Waals surface area contributed by atoms with Gasteiger partial charge in [0.25, 0.3) is 0 Å². The Bertz CT molecular complexity index is 612. The van der Waals surface area contributed by atoms with Crippen molar-refractivity contribution in [2.45, 2.75) is 37.0 Å². The molecular formula is C14H18N4S2. The molecule has 0 bridgehead atoms. The standard InChI is InChI=1S/C14H18N4S2/c1-20-11-7-5-10(6-8-11)18-13(16-17-14(18)19)12-4-2-3-9-15-12/h2-4,9-11H,5-8H2,1H3,(H,17,19). The van der Waals surface area contributed by atoms with Gasteiger partial charge in [-0.3, -0.25) is 14.6 Å². The first-order valence-corrected chi connectivity index (χ1v) is 8.60. The van der Waals surface area contributed by atoms with Crippen molar-refractivity contribution in [1.29, 1.82) is 0 Å². The smallest absolute Gasteiger partial charge is 0.195 e. The van der Waals surface area contributed by atoms with E-state index in [1.165, 1.54) is 25.7 Å². The van der Waals surface area contributed by atoms with Gasteiger partial charge in [0.15, 0.2) is 10.6 Å². The SMILES string of the molecule is CSC1CCC(n2c(-c3ccccn3)n[nH]c2=S)CC1. The molecule has 106 valence electrons. The summed E-state index contributed by atoms with van der Waals surface area (Å²) >= 11 is 7.40. The van der Waals surface area contributed by atoms with Crippen molar-refractivity contribution >= 4 is 24.0 Å². The molecule has 0 saturated heterocycles. The van der Waals surface area contributed by atoms with E-state index >= 15 is 0 Å². The van der Waals surface area contributed by atoms with E-state index in [0.717, 1.165) is 16.8 Å². The van der Waals surface area contributed by atoms with Gasteiger partial charge in [-0.2, -0.15) is 16.9 Å². The lowest BCUT2D eigenvalue weighted by atomic mass is 9.94. The highest BCUT2D eigenvalue weighted by Gasteiger charge is 2.25. The molecule has 3 rings (SSSR count). The molecular weight excluding hydrogens is 288 g/mol. The van der Waals surface area contributed by atoms with Crippen molar-refractivity contribution in [3.63, 3.8) is 0 Å². The van der Waals surface area contributed by atoms with Crippen LogP contribution in [0.15, 0.2) is 24.4 Å². The Balaban J connectivity index is 1.91. The summed E-state index contributed by atoms with van der Waals surface area (Å²) in [5.41, 5.74) is 0.881. The zero-order valence-corrected chi connectivity index (χ0v) is 13.1. The molecule has 4 nitrogen and oxygen atoms in total. The van der Waals surface area contributed by atoms with E-state index in [2.05, 4.69) is 26.0 Å². The number of pyridine rings is 1. The zero-order valence-electron chi connectivity index (χ0n) is 11.5. The largest absolute Gasteiger partial charge is 0.296 e. The van der Waals surface area contributed by atoms with E-state index in [1.54, 1.807) is 6.20 Å². The first-order chi connectivity index (χ1) is 9.79. The molecule has 2 heterocycles. The first kappa shape index (κ1) is 13.8. The molecule has 2 aromatic heterocycles. The van der Waals surface area contributed by atoms with Gasteiger partial charge in [0.1, 0.15) is 5.69 Å². The highest BCUT2D eigenvalue weighted by molar-refractivity contribution is 7.99. The second-order valence-corrected chi connectivity index (χ2v) is 6.63. The second kappa shape index (κ2) is 6.10. The molecule has 1 aliphatic carbocycles. The summed E-state index contributed by atoms with van der Waals surface area (Å²) in [4.78, 5) is 4.40. The van der Waals surface area contributed by atoms with Crippen LogP contribution in [0, 0.1) is 4.77 Å². The third-order valence-electron chi connectivity index (χ3n) is 3.94. The quantitative estimate of drug-likeness (QED) is 0.875. The normalized spacial score (nSPS) is 22.9. The van der Waals surface area contributed by atoms with Crippen LogP contribution in [-0.4, -0.2) is 31.3 Å². The molecule has 1 N–H and O–H groups in total. The molecule has 1 saturated carbocycles. The average Bonchev–Trinajstić information content (AvgIpc) is 2.90. The van der Waals surface area contributed by atoms with Crippen LogP contribution in [0.2, 0.25) is 0 Å². The van der Waals surface area contributed by atoms with Crippen LogP contribution in [0.25, 0.3) is 11.5 Å². The molecule has 0 amide bonds. The van der Waals surface area contributed by atoms with E-state index in [9.17, 15) is 0 Å². The topological polar surface area (TPSA) is 46.5 Å². The lowest BCUT2D eigenvalue weighted by Crippen LogP contribution is -2.20. The van der Waals surface area contributed by atoms with Crippen molar-refractivity contribution in [3.8, 4) is 11.5 Å². The minimum absolute atomic E-state index is 0.446. The molecule has 0 unspecified atom stereocenters. The maximum atomic E-state index is 5.42. The summed E-state index contributed by atoms with van der Waals surface area (Å²) in [5.74, 6) is 0.864. The number of rotatable bonds is 3. The van der Waals surface area contributed by atoms with Gasteiger partial charge < -0.3 is 0 Å². The highest BCUT2D eigenvalue weighted by atomic mass is 32.2. The fourth-order valence-corrected chi connectivity index (χ4v) is 3.88. The second-order valence-electron chi connectivity index (χ2n) is 5.10. The van der Waals surface area contributed by atoms with Gasteiger partial charge in [0, 0.05) is 17.5 Å². The summed E-state index contributed by atoms with van der Waals surface area (Å²) in [6.45, 7) is 0. The summed E-state index contributed by atoms with van der Waals surface area (Å²) in [7, 11) is 0. The number of hydrogen-bond acceptors (Lipinski definition) is 4. The Morgan fingerprint density at radius 1 is 1.30 bits per heavy atom. The molecule has 0 aliphatic heterocycles. The molecule has 1 fully saturated rings. The van der Waals surface area contributed by atoms with Gasteiger partial charge in [-0.15, -0.1) is 0 Å². The van der Waals surface area contributed by atoms with Crippen molar-refractivity contribution in [1.82, 2.24) is 19.7 Å². The molecule has 20 heavy (non-hydrogen) atoms.